The molecule has 3 aromatic carbocycles. The van der Waals surface area contributed by atoms with Gasteiger partial charge >= 0.3 is 0 Å². The van der Waals surface area contributed by atoms with Crippen LogP contribution in [0.5, 0.6) is 23.0 Å². The average Bonchev–Trinajstić information content (AvgIpc) is 2.89. The van der Waals surface area contributed by atoms with Gasteiger partial charge in [0, 0.05) is 24.4 Å². The Kier molecular flexibility index (Phi) is 5.86. The van der Waals surface area contributed by atoms with E-state index in [1.807, 2.05) is 0 Å². The Bertz CT molecular complexity index is 1490. The molecule has 0 saturated heterocycles. The molecule has 0 atom stereocenters. The monoisotopic (exact) mass is 475 g/mol. The van der Waals surface area contributed by atoms with Gasteiger partial charge in [0.2, 0.25) is 5.43 Å². The molecule has 0 aliphatic carbocycles. The number of carbonyl (C=O) groups excluding carboxylic acids is 1. The minimum absolute atomic E-state index is 0.0106. The molecule has 1 aliphatic rings. The summed E-state index contributed by atoms with van der Waals surface area (Å²) >= 11 is 0. The second kappa shape index (κ2) is 9.13. The predicted octanol–water partition coefficient (Wildman–Crippen LogP) is 4.21. The number of methoxy groups -OCH3 is 2. The Balaban J connectivity index is 1.68. The van der Waals surface area contributed by atoms with Gasteiger partial charge in [-0.3, -0.25) is 9.59 Å². The number of nitrogens with zero attached hydrogens (tertiary/aromatic N) is 1. The Labute approximate surface area is 200 Å². The van der Waals surface area contributed by atoms with Crippen LogP contribution in [-0.4, -0.2) is 37.8 Å². The summed E-state index contributed by atoms with van der Waals surface area (Å²) in [4.78, 5) is 27.0. The number of hydrogen-bond acceptors (Lipinski definition) is 6. The second-order valence-corrected chi connectivity index (χ2v) is 8.04. The van der Waals surface area contributed by atoms with E-state index in [-0.39, 0.29) is 16.9 Å². The molecule has 8 heteroatoms. The van der Waals surface area contributed by atoms with E-state index < -0.39 is 11.2 Å². The number of aromatic nitrogens is 1. The first-order valence-corrected chi connectivity index (χ1v) is 11.0. The van der Waals surface area contributed by atoms with Crippen LogP contribution in [0.25, 0.3) is 10.9 Å². The number of rotatable bonds is 6. The third-order valence-electron chi connectivity index (χ3n) is 5.90. The second-order valence-electron chi connectivity index (χ2n) is 8.04. The van der Waals surface area contributed by atoms with Crippen LogP contribution < -0.4 is 24.4 Å². The predicted molar refractivity (Wildman–Crippen MR) is 128 cm³/mol. The van der Waals surface area contributed by atoms with Crippen LogP contribution in [-0.2, 0) is 6.54 Å². The van der Waals surface area contributed by atoms with Crippen molar-refractivity contribution >= 4 is 16.7 Å². The molecular weight excluding hydrogens is 453 g/mol. The molecule has 4 aromatic rings. The fourth-order valence-corrected chi connectivity index (χ4v) is 4.14. The maximum atomic E-state index is 13.5. The third-order valence-corrected chi connectivity index (χ3v) is 5.90. The minimum atomic E-state index is -0.458. The number of fused-ring (bicyclic) bond motifs is 2. The van der Waals surface area contributed by atoms with Crippen molar-refractivity contribution in [3.63, 3.8) is 0 Å². The van der Waals surface area contributed by atoms with Crippen LogP contribution in [0.2, 0.25) is 0 Å². The zero-order valence-corrected chi connectivity index (χ0v) is 19.2. The fourth-order valence-electron chi connectivity index (χ4n) is 4.14. The zero-order chi connectivity index (χ0) is 24.5. The number of ketones is 1. The highest BCUT2D eigenvalue weighted by Gasteiger charge is 2.22. The first kappa shape index (κ1) is 22.5. The lowest BCUT2D eigenvalue weighted by atomic mass is 10.0. The number of halogens is 1. The van der Waals surface area contributed by atoms with Crippen molar-refractivity contribution in [2.75, 3.05) is 27.4 Å². The van der Waals surface area contributed by atoms with Crippen molar-refractivity contribution in [1.82, 2.24) is 4.57 Å². The normalized spacial score (nSPS) is 12.4. The summed E-state index contributed by atoms with van der Waals surface area (Å²) in [5, 5.41) is 0.322. The quantitative estimate of drug-likeness (QED) is 0.389. The average molecular weight is 475 g/mol. The molecular formula is C27H22FNO6. The van der Waals surface area contributed by atoms with Gasteiger partial charge in [-0.25, -0.2) is 4.39 Å². The van der Waals surface area contributed by atoms with Crippen molar-refractivity contribution in [3.05, 3.63) is 93.5 Å². The zero-order valence-electron chi connectivity index (χ0n) is 19.2. The summed E-state index contributed by atoms with van der Waals surface area (Å²) in [6.45, 7) is 1.08. The van der Waals surface area contributed by atoms with E-state index in [9.17, 15) is 14.0 Å². The fraction of sp³-hybridized carbons (Fsp3) is 0.185. The van der Waals surface area contributed by atoms with Gasteiger partial charge in [-0.2, -0.15) is 0 Å². The first-order valence-electron chi connectivity index (χ1n) is 11.0. The van der Waals surface area contributed by atoms with Crippen LogP contribution in [0.15, 0.2) is 65.6 Å². The lowest BCUT2D eigenvalue weighted by Crippen LogP contribution is -2.21. The molecule has 0 spiro atoms. The van der Waals surface area contributed by atoms with E-state index in [0.717, 1.165) is 5.56 Å². The minimum Gasteiger partial charge on any atom is -0.493 e. The van der Waals surface area contributed by atoms with Crippen LogP contribution in [0.4, 0.5) is 4.39 Å². The molecule has 0 unspecified atom stereocenters. The van der Waals surface area contributed by atoms with E-state index in [2.05, 4.69) is 0 Å². The summed E-state index contributed by atoms with van der Waals surface area (Å²) in [6.07, 6.45) is 1.53. The summed E-state index contributed by atoms with van der Waals surface area (Å²) in [7, 11) is 2.98. The lowest BCUT2D eigenvalue weighted by Gasteiger charge is -2.21. The lowest BCUT2D eigenvalue weighted by molar-refractivity contribution is 0.103. The van der Waals surface area contributed by atoms with E-state index in [0.29, 0.717) is 53.7 Å². The molecule has 0 N–H and O–H groups in total. The molecule has 0 bridgehead atoms. The summed E-state index contributed by atoms with van der Waals surface area (Å²) < 4.78 is 37.2. The molecule has 5 rings (SSSR count). The van der Waals surface area contributed by atoms with Gasteiger partial charge in [-0.15, -0.1) is 0 Å². The Hall–Kier alpha value is -4.33. The van der Waals surface area contributed by atoms with Crippen LogP contribution in [0.3, 0.4) is 0 Å². The third kappa shape index (κ3) is 4.19. The van der Waals surface area contributed by atoms with Crippen molar-refractivity contribution in [2.45, 2.75) is 6.54 Å². The highest BCUT2D eigenvalue weighted by Crippen LogP contribution is 2.34. The summed E-state index contributed by atoms with van der Waals surface area (Å²) in [5.74, 6) is 1.02. The maximum absolute atomic E-state index is 13.5. The first-order chi connectivity index (χ1) is 17.0. The van der Waals surface area contributed by atoms with Gasteiger partial charge in [0.05, 0.1) is 30.7 Å². The molecule has 0 saturated carbocycles. The number of ether oxygens (including phenoxy) is 4. The highest BCUT2D eigenvalue weighted by atomic mass is 19.1. The van der Waals surface area contributed by atoms with Gasteiger partial charge in [0.1, 0.15) is 19.0 Å². The molecule has 1 aliphatic heterocycles. The Morgan fingerprint density at radius 2 is 1.63 bits per heavy atom. The van der Waals surface area contributed by atoms with Crippen LogP contribution in [0, 0.1) is 5.82 Å². The molecule has 178 valence electrons. The highest BCUT2D eigenvalue weighted by molar-refractivity contribution is 6.10. The van der Waals surface area contributed by atoms with Crippen molar-refractivity contribution < 1.29 is 28.1 Å². The molecule has 0 amide bonds. The van der Waals surface area contributed by atoms with E-state index in [1.54, 1.807) is 47.0 Å². The maximum Gasteiger partial charge on any atom is 0.200 e. The van der Waals surface area contributed by atoms with E-state index >= 15 is 0 Å². The van der Waals surface area contributed by atoms with Gasteiger partial charge in [0.15, 0.2) is 28.8 Å². The topological polar surface area (TPSA) is 76.0 Å². The van der Waals surface area contributed by atoms with E-state index in [4.69, 9.17) is 18.9 Å². The Morgan fingerprint density at radius 3 is 2.31 bits per heavy atom. The molecule has 2 heterocycles. The standard InChI is InChI=1S/C27H22FNO6/c1-32-22-8-5-17(11-23(22)33-2)26(30)20-15-29(14-16-3-6-18(28)7-4-16)21-13-25-24(34-9-10-35-25)12-19(21)27(20)31/h3-8,11-13,15H,9-10,14H2,1-2H3. The van der Waals surface area contributed by atoms with Gasteiger partial charge in [0.25, 0.3) is 0 Å². The molecule has 1 aromatic heterocycles. The molecule has 0 fully saturated rings. The van der Waals surface area contributed by atoms with Crippen molar-refractivity contribution in [2.24, 2.45) is 0 Å². The largest absolute Gasteiger partial charge is 0.493 e. The smallest absolute Gasteiger partial charge is 0.200 e. The van der Waals surface area contributed by atoms with Crippen molar-refractivity contribution in [3.8, 4) is 23.0 Å². The summed E-state index contributed by atoms with van der Waals surface area (Å²) in [6, 6.07) is 14.1. The molecule has 0 radical (unpaired) electrons. The number of benzene rings is 3. The Morgan fingerprint density at radius 1 is 0.943 bits per heavy atom. The van der Waals surface area contributed by atoms with Gasteiger partial charge in [-0.1, -0.05) is 12.1 Å². The number of hydrogen-bond donors (Lipinski definition) is 0. The van der Waals surface area contributed by atoms with Gasteiger partial charge in [-0.05, 0) is 42.0 Å². The van der Waals surface area contributed by atoms with E-state index in [1.165, 1.54) is 32.5 Å². The summed E-state index contributed by atoms with van der Waals surface area (Å²) in [5.41, 5.74) is 1.23. The number of pyridine rings is 1. The number of carbonyl (C=O) groups is 1. The SMILES string of the molecule is COc1ccc(C(=O)c2cn(Cc3ccc(F)cc3)c3cc4c(cc3c2=O)OCCO4)cc1OC. The molecule has 35 heavy (non-hydrogen) atoms. The van der Waals surface area contributed by atoms with Crippen molar-refractivity contribution in [1.29, 1.82) is 0 Å². The van der Waals surface area contributed by atoms with Crippen LogP contribution in [0.1, 0.15) is 21.5 Å². The van der Waals surface area contributed by atoms with Crippen LogP contribution >= 0.6 is 0 Å². The van der Waals surface area contributed by atoms with Gasteiger partial charge < -0.3 is 23.5 Å². The molecule has 7 nitrogen and oxygen atoms in total.